The summed E-state index contributed by atoms with van der Waals surface area (Å²) in [6.07, 6.45) is 0.883. The summed E-state index contributed by atoms with van der Waals surface area (Å²) in [5, 5.41) is 0.0278. The van der Waals surface area contributed by atoms with E-state index in [1.807, 2.05) is 0 Å². The number of halogens is 1. The molecular formula is C4H9ClN2. The minimum Gasteiger partial charge on any atom is -0.326 e. The summed E-state index contributed by atoms with van der Waals surface area (Å²) >= 11 is 5.60. The van der Waals surface area contributed by atoms with Crippen molar-refractivity contribution < 1.29 is 0 Å². The van der Waals surface area contributed by atoms with Gasteiger partial charge in [0.05, 0.1) is 5.38 Å². The molecule has 2 nitrogen and oxygen atoms in total. The maximum Gasteiger partial charge on any atom is 0.0639 e. The molecule has 1 saturated carbocycles. The molecule has 1 aliphatic rings. The second-order valence-electron chi connectivity index (χ2n) is 2.01. The van der Waals surface area contributed by atoms with Gasteiger partial charge in [0.25, 0.3) is 0 Å². The third-order valence-corrected chi connectivity index (χ3v) is 2.01. The monoisotopic (exact) mass is 120 g/mol. The van der Waals surface area contributed by atoms with Crippen LogP contribution in [0.15, 0.2) is 0 Å². The Morgan fingerprint density at radius 2 is 1.71 bits per heavy atom. The number of rotatable bonds is 0. The Balaban J connectivity index is 2.29. The molecule has 0 radical (unpaired) electrons. The molecule has 0 aromatic heterocycles. The molecule has 0 aliphatic heterocycles. The standard InChI is InChI=1S/C4H9ClN2/c5-4-2(6)1-3(4)7/h2-4H,1,6-7H2. The van der Waals surface area contributed by atoms with E-state index in [0.717, 1.165) is 6.42 Å². The zero-order chi connectivity index (χ0) is 5.44. The average molecular weight is 121 g/mol. The second-order valence-corrected chi connectivity index (χ2v) is 2.51. The molecule has 1 fully saturated rings. The van der Waals surface area contributed by atoms with Crippen LogP contribution in [0, 0.1) is 0 Å². The fraction of sp³-hybridized carbons (Fsp3) is 1.00. The molecule has 2 atom stereocenters. The minimum absolute atomic E-state index is 0.0278. The summed E-state index contributed by atoms with van der Waals surface area (Å²) in [5.41, 5.74) is 10.8. The van der Waals surface area contributed by atoms with Gasteiger partial charge >= 0.3 is 0 Å². The Hall–Kier alpha value is 0.210. The Morgan fingerprint density at radius 1 is 1.29 bits per heavy atom. The van der Waals surface area contributed by atoms with Crippen molar-refractivity contribution in [2.45, 2.75) is 23.9 Å². The van der Waals surface area contributed by atoms with Gasteiger partial charge in [0, 0.05) is 12.1 Å². The van der Waals surface area contributed by atoms with Crippen LogP contribution in [0.1, 0.15) is 6.42 Å². The molecule has 1 aliphatic carbocycles. The van der Waals surface area contributed by atoms with Gasteiger partial charge in [-0.25, -0.2) is 0 Å². The van der Waals surface area contributed by atoms with Crippen LogP contribution in [0.5, 0.6) is 0 Å². The van der Waals surface area contributed by atoms with Crippen molar-refractivity contribution >= 4 is 11.6 Å². The van der Waals surface area contributed by atoms with E-state index in [1.54, 1.807) is 0 Å². The highest BCUT2D eigenvalue weighted by Gasteiger charge is 2.33. The Morgan fingerprint density at radius 3 is 1.71 bits per heavy atom. The largest absolute Gasteiger partial charge is 0.326 e. The highest BCUT2D eigenvalue weighted by Crippen LogP contribution is 2.21. The first-order chi connectivity index (χ1) is 3.22. The van der Waals surface area contributed by atoms with E-state index in [2.05, 4.69) is 0 Å². The zero-order valence-corrected chi connectivity index (χ0v) is 4.73. The molecule has 0 spiro atoms. The predicted molar refractivity (Wildman–Crippen MR) is 30.2 cm³/mol. The molecule has 2 unspecified atom stereocenters. The van der Waals surface area contributed by atoms with Gasteiger partial charge in [-0.15, -0.1) is 11.6 Å². The highest BCUT2D eigenvalue weighted by atomic mass is 35.5. The lowest BCUT2D eigenvalue weighted by atomic mass is 9.88. The summed E-state index contributed by atoms with van der Waals surface area (Å²) in [6, 6.07) is 0.299. The molecule has 42 valence electrons. The third kappa shape index (κ3) is 0.738. The van der Waals surface area contributed by atoms with Crippen molar-refractivity contribution in [3.63, 3.8) is 0 Å². The molecule has 0 aromatic carbocycles. The molecule has 0 aromatic rings. The van der Waals surface area contributed by atoms with E-state index in [9.17, 15) is 0 Å². The van der Waals surface area contributed by atoms with E-state index in [1.165, 1.54) is 0 Å². The van der Waals surface area contributed by atoms with Crippen LogP contribution in [0.4, 0.5) is 0 Å². The molecule has 0 saturated heterocycles. The van der Waals surface area contributed by atoms with Gasteiger partial charge in [-0.3, -0.25) is 0 Å². The smallest absolute Gasteiger partial charge is 0.0639 e. The first kappa shape index (κ1) is 5.35. The molecule has 0 bridgehead atoms. The van der Waals surface area contributed by atoms with Crippen LogP contribution >= 0.6 is 11.6 Å². The molecule has 3 heteroatoms. The van der Waals surface area contributed by atoms with Crippen LogP contribution in [0.25, 0.3) is 0 Å². The lowest BCUT2D eigenvalue weighted by Gasteiger charge is -2.35. The molecule has 7 heavy (non-hydrogen) atoms. The number of nitrogens with two attached hydrogens (primary N) is 2. The number of hydrogen-bond donors (Lipinski definition) is 2. The second kappa shape index (κ2) is 1.62. The van der Waals surface area contributed by atoms with Gasteiger partial charge in [-0.2, -0.15) is 0 Å². The summed E-state index contributed by atoms with van der Waals surface area (Å²) in [6.45, 7) is 0. The van der Waals surface area contributed by atoms with Crippen molar-refractivity contribution in [1.82, 2.24) is 0 Å². The van der Waals surface area contributed by atoms with Crippen molar-refractivity contribution in [1.29, 1.82) is 0 Å². The molecule has 0 heterocycles. The van der Waals surface area contributed by atoms with Crippen LogP contribution in [-0.2, 0) is 0 Å². The Labute approximate surface area is 47.8 Å². The Kier molecular flexibility index (Phi) is 1.24. The minimum atomic E-state index is 0.0278. The quantitative estimate of drug-likeness (QED) is 0.430. The zero-order valence-electron chi connectivity index (χ0n) is 3.97. The summed E-state index contributed by atoms with van der Waals surface area (Å²) in [4.78, 5) is 0. The van der Waals surface area contributed by atoms with E-state index in [0.29, 0.717) is 0 Å². The summed E-state index contributed by atoms with van der Waals surface area (Å²) in [7, 11) is 0. The first-order valence-electron chi connectivity index (χ1n) is 2.37. The van der Waals surface area contributed by atoms with Crippen molar-refractivity contribution in [2.24, 2.45) is 11.5 Å². The normalized spacial score (nSPS) is 51.0. The fourth-order valence-electron chi connectivity index (χ4n) is 0.696. The van der Waals surface area contributed by atoms with Gasteiger partial charge in [0.1, 0.15) is 0 Å². The van der Waals surface area contributed by atoms with Crippen LogP contribution in [-0.4, -0.2) is 17.5 Å². The van der Waals surface area contributed by atoms with Gasteiger partial charge in [-0.1, -0.05) is 0 Å². The molecular weight excluding hydrogens is 112 g/mol. The van der Waals surface area contributed by atoms with E-state index in [4.69, 9.17) is 23.1 Å². The first-order valence-corrected chi connectivity index (χ1v) is 2.80. The number of alkyl halides is 1. The van der Waals surface area contributed by atoms with Gasteiger partial charge in [-0.05, 0) is 6.42 Å². The van der Waals surface area contributed by atoms with Gasteiger partial charge < -0.3 is 11.5 Å². The van der Waals surface area contributed by atoms with E-state index >= 15 is 0 Å². The average Bonchev–Trinajstić information content (AvgIpc) is 1.68. The summed E-state index contributed by atoms with van der Waals surface area (Å²) in [5.74, 6) is 0. The van der Waals surface area contributed by atoms with Gasteiger partial charge in [0.2, 0.25) is 0 Å². The van der Waals surface area contributed by atoms with Crippen LogP contribution in [0.3, 0.4) is 0 Å². The van der Waals surface area contributed by atoms with Crippen molar-refractivity contribution in [3.05, 3.63) is 0 Å². The molecule has 1 rings (SSSR count). The predicted octanol–water partition coefficient (Wildman–Crippen LogP) is -0.348. The van der Waals surface area contributed by atoms with Crippen molar-refractivity contribution in [2.75, 3.05) is 0 Å². The van der Waals surface area contributed by atoms with Crippen LogP contribution < -0.4 is 11.5 Å². The maximum atomic E-state index is 5.60. The maximum absolute atomic E-state index is 5.60. The lowest BCUT2D eigenvalue weighted by molar-refractivity contribution is 0.361. The Bertz CT molecular complexity index is 68.1. The van der Waals surface area contributed by atoms with E-state index < -0.39 is 0 Å². The van der Waals surface area contributed by atoms with Crippen LogP contribution in [0.2, 0.25) is 0 Å². The summed E-state index contributed by atoms with van der Waals surface area (Å²) < 4.78 is 0. The SMILES string of the molecule is NC1CC(N)C1Cl. The van der Waals surface area contributed by atoms with E-state index in [-0.39, 0.29) is 17.5 Å². The van der Waals surface area contributed by atoms with Crippen molar-refractivity contribution in [3.8, 4) is 0 Å². The van der Waals surface area contributed by atoms with Gasteiger partial charge in [0.15, 0.2) is 0 Å². The molecule has 4 N–H and O–H groups in total. The highest BCUT2D eigenvalue weighted by molar-refractivity contribution is 6.22. The lowest BCUT2D eigenvalue weighted by Crippen LogP contribution is -2.56. The fourth-order valence-corrected chi connectivity index (χ4v) is 0.902. The third-order valence-electron chi connectivity index (χ3n) is 1.36. The topological polar surface area (TPSA) is 52.0 Å². The molecule has 0 amide bonds. The number of hydrogen-bond acceptors (Lipinski definition) is 2.